The molecule has 1 aromatic rings. The number of carbonyl (C=O) groups is 1. The molecule has 0 aliphatic heterocycles. The van der Waals surface area contributed by atoms with Crippen LogP contribution in [0.5, 0.6) is 0 Å². The maximum absolute atomic E-state index is 10.8. The van der Waals surface area contributed by atoms with Crippen molar-refractivity contribution in [3.05, 3.63) is 24.0 Å². The van der Waals surface area contributed by atoms with Gasteiger partial charge in [-0.1, -0.05) is 12.8 Å². The highest BCUT2D eigenvalue weighted by Gasteiger charge is 2.23. The Bertz CT molecular complexity index is 310. The maximum atomic E-state index is 10.8. The topological polar surface area (TPSA) is 22.0 Å². The van der Waals surface area contributed by atoms with Crippen molar-refractivity contribution in [1.29, 1.82) is 0 Å². The van der Waals surface area contributed by atoms with Crippen LogP contribution in [0.4, 0.5) is 0 Å². The first-order valence-corrected chi connectivity index (χ1v) is 5.45. The van der Waals surface area contributed by atoms with Gasteiger partial charge in [0.25, 0.3) is 0 Å². The highest BCUT2D eigenvalue weighted by atomic mass is 16.1. The third-order valence-corrected chi connectivity index (χ3v) is 3.45. The number of carbonyl (C=O) groups excluding carboxylic acids is 1. The van der Waals surface area contributed by atoms with E-state index >= 15 is 0 Å². The molecule has 1 unspecified atom stereocenters. The molecule has 1 atom stereocenters. The van der Waals surface area contributed by atoms with E-state index in [4.69, 9.17) is 0 Å². The van der Waals surface area contributed by atoms with E-state index in [1.54, 1.807) is 0 Å². The zero-order valence-corrected chi connectivity index (χ0v) is 8.65. The van der Waals surface area contributed by atoms with Crippen molar-refractivity contribution in [3.63, 3.8) is 0 Å². The van der Waals surface area contributed by atoms with Crippen LogP contribution in [0.15, 0.2) is 18.3 Å². The molecule has 0 spiro atoms. The zero-order chi connectivity index (χ0) is 9.97. The molecule has 2 rings (SSSR count). The van der Waals surface area contributed by atoms with Crippen LogP contribution >= 0.6 is 0 Å². The Labute approximate surface area is 84.9 Å². The summed E-state index contributed by atoms with van der Waals surface area (Å²) >= 11 is 0. The molecule has 0 bridgehead atoms. The molecule has 2 nitrogen and oxygen atoms in total. The standard InChI is InChI=1S/C12H17NO/c1-10(11-5-2-3-6-11)13-8-4-7-12(13)9-14/h4,7-11H,2-3,5-6H2,1H3. The quantitative estimate of drug-likeness (QED) is 0.673. The first-order chi connectivity index (χ1) is 6.83. The Kier molecular flexibility index (Phi) is 2.71. The molecule has 1 aliphatic rings. The minimum atomic E-state index is 0.479. The lowest BCUT2D eigenvalue weighted by Crippen LogP contribution is -2.15. The lowest BCUT2D eigenvalue weighted by atomic mass is 9.99. The average molecular weight is 191 g/mol. The molecule has 0 saturated heterocycles. The Balaban J connectivity index is 2.16. The van der Waals surface area contributed by atoms with Gasteiger partial charge in [-0.15, -0.1) is 0 Å². The highest BCUT2D eigenvalue weighted by Crippen LogP contribution is 2.34. The summed E-state index contributed by atoms with van der Waals surface area (Å²) in [6, 6.07) is 4.32. The zero-order valence-electron chi connectivity index (χ0n) is 8.65. The molecule has 14 heavy (non-hydrogen) atoms. The van der Waals surface area contributed by atoms with Crippen LogP contribution in [-0.2, 0) is 0 Å². The normalized spacial score (nSPS) is 19.8. The third kappa shape index (κ3) is 1.61. The molecule has 0 N–H and O–H groups in total. The van der Waals surface area contributed by atoms with Crippen LogP contribution in [0.25, 0.3) is 0 Å². The molecular formula is C12H17NO. The van der Waals surface area contributed by atoms with Crippen LogP contribution in [0, 0.1) is 5.92 Å². The SMILES string of the molecule is CC(C1CCCC1)n1cccc1C=O. The van der Waals surface area contributed by atoms with Crippen LogP contribution in [0.2, 0.25) is 0 Å². The molecule has 1 aromatic heterocycles. The summed E-state index contributed by atoms with van der Waals surface area (Å²) in [5, 5.41) is 0. The van der Waals surface area contributed by atoms with Crippen molar-refractivity contribution >= 4 is 6.29 Å². The van der Waals surface area contributed by atoms with Crippen molar-refractivity contribution in [2.24, 2.45) is 5.92 Å². The molecule has 1 saturated carbocycles. The summed E-state index contributed by atoms with van der Waals surface area (Å²) in [5.41, 5.74) is 0.810. The lowest BCUT2D eigenvalue weighted by Gasteiger charge is -2.21. The third-order valence-electron chi connectivity index (χ3n) is 3.45. The van der Waals surface area contributed by atoms with Crippen LogP contribution in [0.1, 0.15) is 49.1 Å². The molecule has 0 amide bonds. The molecule has 76 valence electrons. The summed E-state index contributed by atoms with van der Waals surface area (Å²) in [7, 11) is 0. The van der Waals surface area contributed by atoms with Gasteiger partial charge >= 0.3 is 0 Å². The van der Waals surface area contributed by atoms with E-state index in [1.165, 1.54) is 25.7 Å². The molecule has 2 heteroatoms. The van der Waals surface area contributed by atoms with Crippen LogP contribution in [-0.4, -0.2) is 10.9 Å². The van der Waals surface area contributed by atoms with Gasteiger partial charge < -0.3 is 4.57 Å². The Hall–Kier alpha value is -1.05. The number of hydrogen-bond acceptors (Lipinski definition) is 1. The summed E-state index contributed by atoms with van der Waals surface area (Å²) in [6.07, 6.45) is 8.31. The smallest absolute Gasteiger partial charge is 0.166 e. The van der Waals surface area contributed by atoms with E-state index in [9.17, 15) is 4.79 Å². The fourth-order valence-corrected chi connectivity index (χ4v) is 2.54. The molecule has 1 heterocycles. The number of aldehydes is 1. The summed E-state index contributed by atoms with van der Waals surface area (Å²) in [4.78, 5) is 10.8. The largest absolute Gasteiger partial charge is 0.342 e. The van der Waals surface area contributed by atoms with Gasteiger partial charge in [0.15, 0.2) is 6.29 Å². The van der Waals surface area contributed by atoms with E-state index in [0.29, 0.717) is 6.04 Å². The van der Waals surface area contributed by atoms with Crippen molar-refractivity contribution in [2.75, 3.05) is 0 Å². The summed E-state index contributed by atoms with van der Waals surface area (Å²) in [6.45, 7) is 2.23. The van der Waals surface area contributed by atoms with Gasteiger partial charge in [0.2, 0.25) is 0 Å². The number of aromatic nitrogens is 1. The maximum Gasteiger partial charge on any atom is 0.166 e. The second-order valence-electron chi connectivity index (χ2n) is 4.24. The van der Waals surface area contributed by atoms with Crippen LogP contribution < -0.4 is 0 Å². The van der Waals surface area contributed by atoms with Crippen molar-refractivity contribution in [2.45, 2.75) is 38.6 Å². The monoisotopic (exact) mass is 191 g/mol. The number of nitrogens with zero attached hydrogens (tertiary/aromatic N) is 1. The van der Waals surface area contributed by atoms with E-state index in [1.807, 2.05) is 18.3 Å². The molecule has 0 radical (unpaired) electrons. The fraction of sp³-hybridized carbons (Fsp3) is 0.583. The molecule has 0 aromatic carbocycles. The van der Waals surface area contributed by atoms with E-state index in [-0.39, 0.29) is 0 Å². The summed E-state index contributed by atoms with van der Waals surface area (Å²) < 4.78 is 2.11. The van der Waals surface area contributed by atoms with E-state index in [2.05, 4.69) is 11.5 Å². The lowest BCUT2D eigenvalue weighted by molar-refractivity contribution is 0.111. The second-order valence-corrected chi connectivity index (χ2v) is 4.24. The Morgan fingerprint density at radius 3 is 2.86 bits per heavy atom. The predicted octanol–water partition coefficient (Wildman–Crippen LogP) is 3.05. The first-order valence-electron chi connectivity index (χ1n) is 5.45. The number of hydrogen-bond donors (Lipinski definition) is 0. The van der Waals surface area contributed by atoms with Gasteiger partial charge in [0.1, 0.15) is 0 Å². The average Bonchev–Trinajstić information content (AvgIpc) is 2.87. The van der Waals surface area contributed by atoms with Gasteiger partial charge in [-0.25, -0.2) is 0 Å². The molecule has 1 fully saturated rings. The minimum absolute atomic E-state index is 0.479. The molecular weight excluding hydrogens is 174 g/mol. The van der Waals surface area contributed by atoms with Gasteiger partial charge in [-0.3, -0.25) is 4.79 Å². The van der Waals surface area contributed by atoms with Crippen molar-refractivity contribution < 1.29 is 4.79 Å². The van der Waals surface area contributed by atoms with Gasteiger partial charge in [-0.2, -0.15) is 0 Å². The van der Waals surface area contributed by atoms with E-state index in [0.717, 1.165) is 17.9 Å². The van der Waals surface area contributed by atoms with E-state index < -0.39 is 0 Å². The highest BCUT2D eigenvalue weighted by molar-refractivity contribution is 5.72. The first kappa shape index (κ1) is 9.50. The Morgan fingerprint density at radius 1 is 1.50 bits per heavy atom. The van der Waals surface area contributed by atoms with Gasteiger partial charge in [-0.05, 0) is 37.8 Å². The van der Waals surface area contributed by atoms with Crippen molar-refractivity contribution in [3.8, 4) is 0 Å². The second kappa shape index (κ2) is 3.99. The van der Waals surface area contributed by atoms with Crippen LogP contribution in [0.3, 0.4) is 0 Å². The summed E-state index contributed by atoms with van der Waals surface area (Å²) in [5.74, 6) is 0.765. The van der Waals surface area contributed by atoms with Crippen molar-refractivity contribution in [1.82, 2.24) is 4.57 Å². The number of rotatable bonds is 3. The van der Waals surface area contributed by atoms with Gasteiger partial charge in [0, 0.05) is 12.2 Å². The predicted molar refractivity (Wildman–Crippen MR) is 56.5 cm³/mol. The van der Waals surface area contributed by atoms with Gasteiger partial charge in [0.05, 0.1) is 5.69 Å². The minimum Gasteiger partial charge on any atom is -0.342 e. The fourth-order valence-electron chi connectivity index (χ4n) is 2.54. The molecule has 1 aliphatic carbocycles. The Morgan fingerprint density at radius 2 is 2.21 bits per heavy atom.